The van der Waals surface area contributed by atoms with Crippen molar-refractivity contribution in [3.8, 4) is 0 Å². The minimum Gasteiger partial charge on any atom is -0.829 e. The van der Waals surface area contributed by atoms with Gasteiger partial charge in [-0.1, -0.05) is 0 Å². The van der Waals surface area contributed by atoms with E-state index in [-0.39, 0.29) is 6.54 Å². The molecule has 0 spiro atoms. The monoisotopic (exact) mass is 90.0 g/mol. The third kappa shape index (κ3) is 0.662. The van der Waals surface area contributed by atoms with Gasteiger partial charge in [0.05, 0.1) is 0 Å². The molecule has 1 unspecified atom stereocenters. The molecule has 0 aromatic heterocycles. The number of hydrogen-bond donors (Lipinski definition) is 2. The minimum atomic E-state index is -1.10. The van der Waals surface area contributed by atoms with E-state index in [1.54, 1.807) is 0 Å². The van der Waals surface area contributed by atoms with Crippen LogP contribution in [-0.2, 0) is 4.84 Å². The molecule has 1 rings (SSSR count). The maximum Gasteiger partial charge on any atom is 0.144 e. The summed E-state index contributed by atoms with van der Waals surface area (Å²) in [4.78, 5) is 4.20. The van der Waals surface area contributed by atoms with Crippen molar-refractivity contribution >= 4 is 0 Å². The molecule has 1 atom stereocenters. The van der Waals surface area contributed by atoms with Gasteiger partial charge in [0.2, 0.25) is 0 Å². The first-order chi connectivity index (χ1) is 3.29. The zero-order valence-electron chi connectivity index (χ0n) is 4.05. The lowest BCUT2D eigenvalue weighted by atomic mass is 10.7. The minimum absolute atomic E-state index is 0.0833. The van der Waals surface area contributed by atoms with Gasteiger partial charge in [-0.15, -0.1) is 5.59 Å². The molecule has 1 aliphatic heterocycles. The van der Waals surface area contributed by atoms with Crippen molar-refractivity contribution in [3.05, 3.63) is 0 Å². The van der Waals surface area contributed by atoms with Crippen molar-refractivity contribution in [2.45, 2.75) is 6.29 Å². The molecule has 6 heavy (non-hydrogen) atoms. The summed E-state index contributed by atoms with van der Waals surface area (Å²) < 4.78 is 6.66. The first-order valence-electron chi connectivity index (χ1n) is 2.07. The molecule has 4 heteroatoms. The van der Waals surface area contributed by atoms with E-state index in [9.17, 15) is 5.11 Å². The fourth-order valence-electron chi connectivity index (χ4n) is 0.245. The van der Waals surface area contributed by atoms with E-state index in [4.69, 9.17) is 1.41 Å². The zero-order valence-corrected chi connectivity index (χ0v) is 3.05. The first kappa shape index (κ1) is 2.92. The molecule has 1 heterocycles. The Morgan fingerprint density at radius 1 is 2.17 bits per heavy atom. The van der Waals surface area contributed by atoms with E-state index in [2.05, 4.69) is 10.4 Å². The van der Waals surface area contributed by atoms with Crippen LogP contribution < -0.4 is 16.1 Å². The largest absolute Gasteiger partial charge is 0.829 e. The smallest absolute Gasteiger partial charge is 0.144 e. The third-order valence-electron chi connectivity index (χ3n) is 0.489. The average Bonchev–Trinajstić information content (AvgIpc) is 1.87. The lowest BCUT2D eigenvalue weighted by molar-refractivity contribution is -0.483. The van der Waals surface area contributed by atoms with Gasteiger partial charge >= 0.3 is 0 Å². The molecule has 4 nitrogen and oxygen atoms in total. The second-order valence-electron chi connectivity index (χ2n) is 0.979. The quantitative estimate of drug-likeness (QED) is 0.351. The summed E-state index contributed by atoms with van der Waals surface area (Å²) in [6.45, 7) is 0.0833. The average molecular weight is 90.1 g/mol. The van der Waals surface area contributed by atoms with E-state index >= 15 is 0 Å². The number of rotatable bonds is 0. The molecule has 36 valence electrons. The van der Waals surface area contributed by atoms with Gasteiger partial charge in [0, 0.05) is 12.8 Å². The Morgan fingerprint density at radius 2 is 3.00 bits per heavy atom. The number of hydrogen-bond acceptors (Lipinski definition) is 4. The summed E-state index contributed by atoms with van der Waals surface area (Å²) in [6.07, 6.45) is -1.10. The Labute approximate surface area is 36.5 Å². The van der Waals surface area contributed by atoms with Crippen LogP contribution in [0.15, 0.2) is 0 Å². The molecule has 1 saturated heterocycles. The lowest BCUT2D eigenvalue weighted by Gasteiger charge is -2.07. The summed E-state index contributed by atoms with van der Waals surface area (Å²) in [5.74, 6) is 0. The molecule has 0 bridgehead atoms. The van der Waals surface area contributed by atoms with Crippen molar-refractivity contribution in [1.29, 1.82) is 0 Å². The summed E-state index contributed by atoms with van der Waals surface area (Å²) in [7, 11) is 0. The summed E-state index contributed by atoms with van der Waals surface area (Å²) in [5.41, 5.74) is 2.90. The molecule has 0 amide bonds. The fraction of sp³-hybridized carbons (Fsp3) is 1.00. The maximum atomic E-state index is 10.1. The Bertz CT molecular complexity index is 62.7. The molecule has 1 aliphatic rings. The standard InChI is InChI=1S/C2H5N2O2/c5-2-1-3-4-6-2/h2-4H,1H2/q-1/i/hD. The van der Waals surface area contributed by atoms with Crippen LogP contribution in [0.3, 0.4) is 0 Å². The zero-order chi connectivity index (χ0) is 5.28. The highest BCUT2D eigenvalue weighted by Gasteiger charge is 1.98. The SMILES string of the molecule is [2H]N1CC([O-])ON1. The first-order valence-corrected chi connectivity index (χ1v) is 1.62. The van der Waals surface area contributed by atoms with Crippen LogP contribution in [0.1, 0.15) is 0 Å². The Balaban J connectivity index is 2.26. The molecular weight excluding hydrogens is 84.0 g/mol. The van der Waals surface area contributed by atoms with Crippen LogP contribution in [-0.4, -0.2) is 12.8 Å². The fourth-order valence-corrected chi connectivity index (χ4v) is 0.245. The van der Waals surface area contributed by atoms with E-state index < -0.39 is 6.29 Å². The molecule has 0 aliphatic carbocycles. The van der Waals surface area contributed by atoms with E-state index in [1.807, 2.05) is 0 Å². The highest BCUT2D eigenvalue weighted by atomic mass is 16.8. The Kier molecular flexibility index (Phi) is 0.743. The Morgan fingerprint density at radius 3 is 3.17 bits per heavy atom. The van der Waals surface area contributed by atoms with Crippen molar-refractivity contribution in [1.82, 2.24) is 11.0 Å². The highest BCUT2D eigenvalue weighted by Crippen LogP contribution is 1.77. The lowest BCUT2D eigenvalue weighted by Crippen LogP contribution is -2.27. The predicted octanol–water partition coefficient (Wildman–Crippen LogP) is -2.29. The number of nitrogens with one attached hydrogen (secondary N) is 2. The highest BCUT2D eigenvalue weighted by molar-refractivity contribution is 4.42. The van der Waals surface area contributed by atoms with Gasteiger partial charge in [0.15, 0.2) is 0 Å². The summed E-state index contributed by atoms with van der Waals surface area (Å²) >= 11 is 0. The van der Waals surface area contributed by atoms with E-state index in [1.165, 1.54) is 0 Å². The normalized spacial score (nSPS) is 40.2. The van der Waals surface area contributed by atoms with Crippen LogP contribution in [0.4, 0.5) is 0 Å². The van der Waals surface area contributed by atoms with E-state index in [0.29, 0.717) is 0 Å². The van der Waals surface area contributed by atoms with Crippen LogP contribution in [0.5, 0.6) is 0 Å². The molecule has 2 N–H and O–H groups in total. The van der Waals surface area contributed by atoms with Gasteiger partial charge < -0.3 is 5.11 Å². The Hall–Kier alpha value is -0.160. The van der Waals surface area contributed by atoms with Crippen molar-refractivity contribution in [2.24, 2.45) is 0 Å². The molecule has 0 saturated carbocycles. The second-order valence-corrected chi connectivity index (χ2v) is 0.979. The van der Waals surface area contributed by atoms with Crippen molar-refractivity contribution in [3.63, 3.8) is 0 Å². The number of hydrazine groups is 1. The van der Waals surface area contributed by atoms with Crippen LogP contribution in [0.2, 0.25) is 1.41 Å². The topological polar surface area (TPSA) is 56.3 Å². The van der Waals surface area contributed by atoms with Gasteiger partial charge in [-0.3, -0.25) is 4.84 Å². The van der Waals surface area contributed by atoms with Gasteiger partial charge in [-0.05, 0) is 0 Å². The predicted molar refractivity (Wildman–Crippen MR) is 16.0 cm³/mol. The third-order valence-corrected chi connectivity index (χ3v) is 0.489. The van der Waals surface area contributed by atoms with Gasteiger partial charge in [-0.2, -0.15) is 0 Å². The molecular formula is C2H5N2O2-. The maximum absolute atomic E-state index is 10.1. The van der Waals surface area contributed by atoms with Gasteiger partial charge in [-0.25, -0.2) is 5.42 Å². The molecule has 0 aromatic carbocycles. The summed E-state index contributed by atoms with van der Waals surface area (Å²) in [5, 5.41) is 10.1. The van der Waals surface area contributed by atoms with Crippen molar-refractivity contribution < 1.29 is 11.4 Å². The van der Waals surface area contributed by atoms with Crippen molar-refractivity contribution in [2.75, 3.05) is 6.54 Å². The molecule has 1 fully saturated rings. The van der Waals surface area contributed by atoms with E-state index in [0.717, 1.165) is 5.42 Å². The van der Waals surface area contributed by atoms with Gasteiger partial charge in [0.25, 0.3) is 0 Å². The second kappa shape index (κ2) is 1.53. The molecule has 0 aromatic rings. The van der Waals surface area contributed by atoms with Gasteiger partial charge in [0.1, 0.15) is 1.41 Å². The van der Waals surface area contributed by atoms with Crippen LogP contribution in [0.25, 0.3) is 0 Å². The van der Waals surface area contributed by atoms with Crippen LogP contribution in [0, 0.1) is 0 Å². The van der Waals surface area contributed by atoms with Crippen LogP contribution >= 0.6 is 0 Å². The summed E-state index contributed by atoms with van der Waals surface area (Å²) in [6, 6.07) is 0. The molecule has 0 radical (unpaired) electrons.